The number of nitriles is 1. The van der Waals surface area contributed by atoms with Gasteiger partial charge in [0.2, 0.25) is 5.91 Å². The van der Waals surface area contributed by atoms with Gasteiger partial charge in [-0.2, -0.15) is 5.26 Å². The van der Waals surface area contributed by atoms with Crippen LogP contribution in [0.15, 0.2) is 36.4 Å². The molecule has 0 spiro atoms. The van der Waals surface area contributed by atoms with Crippen LogP contribution < -0.4 is 16.0 Å². The molecule has 4 N–H and O–H groups in total. The molecule has 0 aromatic heterocycles. The molecule has 2 aliphatic rings. The van der Waals surface area contributed by atoms with Crippen LogP contribution in [0.2, 0.25) is 5.02 Å². The number of carbonyl (C=O) groups is 1. The van der Waals surface area contributed by atoms with E-state index in [1.807, 2.05) is 18.2 Å². The van der Waals surface area contributed by atoms with Gasteiger partial charge in [0, 0.05) is 28.9 Å². The first-order valence-corrected chi connectivity index (χ1v) is 10.6. The SMILES string of the molecule is CC(O)N1c2ccc(C(N)=O)cc2[C@H](Nc2ccc(C#N)c(Cl)c2)[C@@H](C)[C@@H]1C1CC1. The first-order valence-electron chi connectivity index (χ1n) is 10.2. The molecule has 2 aromatic rings. The zero-order valence-electron chi connectivity index (χ0n) is 17.0. The summed E-state index contributed by atoms with van der Waals surface area (Å²) < 4.78 is 0. The number of hydrogen-bond donors (Lipinski definition) is 3. The van der Waals surface area contributed by atoms with E-state index in [0.29, 0.717) is 22.1 Å². The van der Waals surface area contributed by atoms with Gasteiger partial charge in [0.25, 0.3) is 0 Å². The Morgan fingerprint density at radius 3 is 2.63 bits per heavy atom. The van der Waals surface area contributed by atoms with Crippen LogP contribution in [0.4, 0.5) is 11.4 Å². The lowest BCUT2D eigenvalue weighted by Crippen LogP contribution is -2.52. The second-order valence-corrected chi connectivity index (χ2v) is 8.70. The molecule has 7 heteroatoms. The minimum Gasteiger partial charge on any atom is -0.378 e. The van der Waals surface area contributed by atoms with Crippen molar-refractivity contribution in [2.75, 3.05) is 10.2 Å². The van der Waals surface area contributed by atoms with Crippen LogP contribution in [0.5, 0.6) is 0 Å². The summed E-state index contributed by atoms with van der Waals surface area (Å²) in [6.07, 6.45) is 1.63. The summed E-state index contributed by atoms with van der Waals surface area (Å²) in [5.74, 6) is 0.183. The second-order valence-electron chi connectivity index (χ2n) is 8.29. The number of anilines is 2. The number of aliphatic hydroxyl groups is 1. The predicted octanol–water partition coefficient (Wildman–Crippen LogP) is 4.04. The zero-order chi connectivity index (χ0) is 21.6. The number of hydrogen-bond acceptors (Lipinski definition) is 5. The van der Waals surface area contributed by atoms with Crippen LogP contribution in [0.1, 0.15) is 54.2 Å². The molecule has 1 unspecified atom stereocenters. The average Bonchev–Trinajstić information content (AvgIpc) is 3.54. The maximum absolute atomic E-state index is 11.8. The average molecular weight is 425 g/mol. The summed E-state index contributed by atoms with van der Waals surface area (Å²) >= 11 is 6.24. The molecule has 1 heterocycles. The van der Waals surface area contributed by atoms with Gasteiger partial charge in [-0.1, -0.05) is 18.5 Å². The smallest absolute Gasteiger partial charge is 0.248 e. The van der Waals surface area contributed by atoms with Crippen molar-refractivity contribution in [1.82, 2.24) is 0 Å². The van der Waals surface area contributed by atoms with Crippen LogP contribution in [0, 0.1) is 23.2 Å². The number of primary amides is 1. The maximum atomic E-state index is 11.8. The Bertz CT molecular complexity index is 1030. The van der Waals surface area contributed by atoms with Gasteiger partial charge in [-0.15, -0.1) is 0 Å². The Morgan fingerprint density at radius 2 is 2.07 bits per heavy atom. The number of amides is 1. The summed E-state index contributed by atoms with van der Waals surface area (Å²) in [4.78, 5) is 13.9. The predicted molar refractivity (Wildman–Crippen MR) is 117 cm³/mol. The highest BCUT2D eigenvalue weighted by Crippen LogP contribution is 2.50. The van der Waals surface area contributed by atoms with Gasteiger partial charge < -0.3 is 21.1 Å². The molecule has 4 rings (SSSR count). The second kappa shape index (κ2) is 7.82. The van der Waals surface area contributed by atoms with E-state index in [1.54, 1.807) is 25.1 Å². The number of aliphatic hydroxyl groups excluding tert-OH is 1. The van der Waals surface area contributed by atoms with E-state index >= 15 is 0 Å². The largest absolute Gasteiger partial charge is 0.378 e. The standard InChI is InChI=1S/C23H25ClN4O2/c1-12-21(27-17-7-5-16(11-25)19(24)10-17)18-9-15(23(26)30)6-8-20(18)28(13(2)29)22(12)14-3-4-14/h5-10,12-14,21-22,27,29H,3-4H2,1-2H3,(H2,26,30)/t12-,13?,21-,22-/m1/s1. The fourth-order valence-electron chi connectivity index (χ4n) is 4.72. The van der Waals surface area contributed by atoms with Gasteiger partial charge in [0.15, 0.2) is 0 Å². The number of nitrogens with one attached hydrogen (secondary N) is 1. The lowest BCUT2D eigenvalue weighted by atomic mass is 9.79. The van der Waals surface area contributed by atoms with Crippen LogP contribution in [-0.4, -0.2) is 23.3 Å². The lowest BCUT2D eigenvalue weighted by Gasteiger charge is -2.48. The summed E-state index contributed by atoms with van der Waals surface area (Å²) in [6.45, 7) is 3.95. The minimum absolute atomic E-state index is 0.107. The molecule has 1 saturated carbocycles. The highest BCUT2D eigenvalue weighted by atomic mass is 35.5. The van der Waals surface area contributed by atoms with Crippen molar-refractivity contribution in [3.8, 4) is 6.07 Å². The Morgan fingerprint density at radius 1 is 1.33 bits per heavy atom. The van der Waals surface area contributed by atoms with Gasteiger partial charge in [-0.05, 0) is 67.6 Å². The number of nitrogens with zero attached hydrogens (tertiary/aromatic N) is 2. The molecule has 1 aliphatic carbocycles. The molecule has 1 fully saturated rings. The molecule has 2 aromatic carbocycles. The molecule has 1 amide bonds. The normalized spacial score (nSPS) is 24.0. The number of benzene rings is 2. The molecule has 0 radical (unpaired) electrons. The van der Waals surface area contributed by atoms with Crippen LogP contribution >= 0.6 is 11.6 Å². The molecular formula is C23H25ClN4O2. The van der Waals surface area contributed by atoms with Gasteiger partial charge in [0.1, 0.15) is 12.3 Å². The van der Waals surface area contributed by atoms with Crippen LogP contribution in [0.3, 0.4) is 0 Å². The molecular weight excluding hydrogens is 400 g/mol. The van der Waals surface area contributed by atoms with Gasteiger partial charge in [-0.25, -0.2) is 0 Å². The maximum Gasteiger partial charge on any atom is 0.248 e. The van der Waals surface area contributed by atoms with Crippen molar-refractivity contribution in [3.05, 3.63) is 58.1 Å². The van der Waals surface area contributed by atoms with Gasteiger partial charge in [-0.3, -0.25) is 4.79 Å². The van der Waals surface area contributed by atoms with Crippen molar-refractivity contribution >= 4 is 28.9 Å². The molecule has 4 atom stereocenters. The summed E-state index contributed by atoms with van der Waals surface area (Å²) in [6, 6.07) is 12.8. The first-order chi connectivity index (χ1) is 14.3. The third-order valence-corrected chi connectivity index (χ3v) is 6.54. The van der Waals surface area contributed by atoms with E-state index in [9.17, 15) is 9.90 Å². The van der Waals surface area contributed by atoms with Crippen molar-refractivity contribution in [2.45, 2.75) is 45.0 Å². The highest BCUT2D eigenvalue weighted by Gasteiger charge is 2.47. The molecule has 30 heavy (non-hydrogen) atoms. The third kappa shape index (κ3) is 3.60. The van der Waals surface area contributed by atoms with Crippen molar-refractivity contribution in [2.24, 2.45) is 17.6 Å². The number of nitrogens with two attached hydrogens (primary N) is 1. The summed E-state index contributed by atoms with van der Waals surface area (Å²) in [7, 11) is 0. The Labute approximate surface area is 181 Å². The van der Waals surface area contributed by atoms with Crippen molar-refractivity contribution in [3.63, 3.8) is 0 Å². The Kier molecular flexibility index (Phi) is 5.35. The molecule has 0 bridgehead atoms. The van der Waals surface area contributed by atoms with Crippen molar-refractivity contribution < 1.29 is 9.90 Å². The lowest BCUT2D eigenvalue weighted by molar-refractivity contribution is 0.1000. The quantitative estimate of drug-likeness (QED) is 0.672. The molecule has 156 valence electrons. The fourth-order valence-corrected chi connectivity index (χ4v) is 4.94. The fraction of sp³-hybridized carbons (Fsp3) is 0.391. The van der Waals surface area contributed by atoms with Crippen LogP contribution in [0.25, 0.3) is 0 Å². The molecule has 6 nitrogen and oxygen atoms in total. The zero-order valence-corrected chi connectivity index (χ0v) is 17.7. The Balaban J connectivity index is 1.81. The first kappa shape index (κ1) is 20.5. The van der Waals surface area contributed by atoms with Gasteiger partial charge >= 0.3 is 0 Å². The van der Waals surface area contributed by atoms with Crippen LogP contribution in [-0.2, 0) is 0 Å². The van der Waals surface area contributed by atoms with E-state index < -0.39 is 12.1 Å². The van der Waals surface area contributed by atoms with E-state index in [1.165, 1.54) is 0 Å². The summed E-state index contributed by atoms with van der Waals surface area (Å²) in [5.41, 5.74) is 9.01. The van der Waals surface area contributed by atoms with E-state index in [-0.39, 0.29) is 18.0 Å². The number of carbonyl (C=O) groups excluding carboxylic acids is 1. The minimum atomic E-state index is -0.651. The molecule has 1 aliphatic heterocycles. The topological polar surface area (TPSA) is 102 Å². The number of rotatable bonds is 5. The number of fused-ring (bicyclic) bond motifs is 1. The van der Waals surface area contributed by atoms with E-state index in [0.717, 1.165) is 29.8 Å². The summed E-state index contributed by atoms with van der Waals surface area (Å²) in [5, 5.41) is 23.7. The van der Waals surface area contributed by atoms with Gasteiger partial charge in [0.05, 0.1) is 16.6 Å². The monoisotopic (exact) mass is 424 g/mol. The highest BCUT2D eigenvalue weighted by molar-refractivity contribution is 6.32. The van der Waals surface area contributed by atoms with E-state index in [4.69, 9.17) is 22.6 Å². The Hall–Kier alpha value is -2.75. The van der Waals surface area contributed by atoms with E-state index in [2.05, 4.69) is 23.2 Å². The third-order valence-electron chi connectivity index (χ3n) is 6.23. The van der Waals surface area contributed by atoms with Crippen molar-refractivity contribution in [1.29, 1.82) is 5.26 Å². The number of halogens is 1. The molecule has 0 saturated heterocycles.